The Bertz CT molecular complexity index is 364. The minimum atomic E-state index is -0.176. The van der Waals surface area contributed by atoms with Crippen LogP contribution in [0.1, 0.15) is 58.1 Å². The first-order valence-corrected chi connectivity index (χ1v) is 8.20. The van der Waals surface area contributed by atoms with Crippen molar-refractivity contribution in [3.05, 3.63) is 35.6 Å². The van der Waals surface area contributed by atoms with Gasteiger partial charge in [-0.1, -0.05) is 45.7 Å². The van der Waals surface area contributed by atoms with Crippen LogP contribution in [0, 0.1) is 11.7 Å². The molecule has 120 valence electrons. The Morgan fingerprint density at radius 2 is 1.81 bits per heavy atom. The Hall–Kier alpha value is -0.930. The van der Waals surface area contributed by atoms with Crippen molar-refractivity contribution in [1.82, 2.24) is 5.32 Å². The minimum absolute atomic E-state index is 0.176. The van der Waals surface area contributed by atoms with Gasteiger partial charge < -0.3 is 10.1 Å². The lowest BCUT2D eigenvalue weighted by Gasteiger charge is -2.19. The minimum Gasteiger partial charge on any atom is -0.380 e. The van der Waals surface area contributed by atoms with Crippen molar-refractivity contribution in [2.45, 2.75) is 52.5 Å². The van der Waals surface area contributed by atoms with Gasteiger partial charge in [-0.05, 0) is 36.5 Å². The fourth-order valence-corrected chi connectivity index (χ4v) is 2.22. The van der Waals surface area contributed by atoms with E-state index in [0.29, 0.717) is 12.0 Å². The van der Waals surface area contributed by atoms with Crippen LogP contribution < -0.4 is 5.32 Å². The molecule has 0 saturated carbocycles. The van der Waals surface area contributed by atoms with Crippen LogP contribution in [0.4, 0.5) is 4.39 Å². The zero-order chi connectivity index (χ0) is 15.5. The van der Waals surface area contributed by atoms with Gasteiger partial charge in [0.1, 0.15) is 5.82 Å². The highest BCUT2D eigenvalue weighted by atomic mass is 19.1. The fourth-order valence-electron chi connectivity index (χ4n) is 2.22. The first kappa shape index (κ1) is 18.1. The van der Waals surface area contributed by atoms with Gasteiger partial charge in [0.15, 0.2) is 0 Å². The summed E-state index contributed by atoms with van der Waals surface area (Å²) in [6.45, 7) is 9.00. The van der Waals surface area contributed by atoms with Crippen LogP contribution in [0.25, 0.3) is 0 Å². The number of nitrogens with one attached hydrogen (secondary N) is 1. The Kier molecular flexibility index (Phi) is 9.27. The molecule has 0 heterocycles. The predicted molar refractivity (Wildman–Crippen MR) is 86.9 cm³/mol. The van der Waals surface area contributed by atoms with Crippen LogP contribution in [-0.4, -0.2) is 19.8 Å². The molecule has 1 atom stereocenters. The van der Waals surface area contributed by atoms with E-state index >= 15 is 0 Å². The third-order valence-electron chi connectivity index (χ3n) is 3.60. The van der Waals surface area contributed by atoms with Gasteiger partial charge in [0.2, 0.25) is 0 Å². The van der Waals surface area contributed by atoms with E-state index < -0.39 is 0 Å². The van der Waals surface area contributed by atoms with E-state index in [-0.39, 0.29) is 5.82 Å². The molecule has 0 fully saturated rings. The highest BCUT2D eigenvalue weighted by molar-refractivity contribution is 5.19. The number of hydrogen-bond acceptors (Lipinski definition) is 2. The highest BCUT2D eigenvalue weighted by Gasteiger charge is 2.10. The van der Waals surface area contributed by atoms with E-state index in [1.54, 1.807) is 0 Å². The molecule has 3 heteroatoms. The van der Waals surface area contributed by atoms with Crippen molar-refractivity contribution >= 4 is 0 Å². The third kappa shape index (κ3) is 8.18. The number of halogens is 1. The standard InChI is InChI=1S/C18H30FNO/c1-4-5-6-18(16-7-9-17(19)10-8-16)20-12-14-21-13-11-15(2)3/h7-10,15,18,20H,4-6,11-14H2,1-3H3. The zero-order valence-electron chi connectivity index (χ0n) is 13.7. The van der Waals surface area contributed by atoms with Crippen molar-refractivity contribution in [3.8, 4) is 0 Å². The maximum atomic E-state index is 13.0. The van der Waals surface area contributed by atoms with Crippen molar-refractivity contribution in [2.24, 2.45) is 5.92 Å². The molecule has 21 heavy (non-hydrogen) atoms. The Morgan fingerprint density at radius 3 is 2.43 bits per heavy atom. The second-order valence-corrected chi connectivity index (χ2v) is 6.00. The van der Waals surface area contributed by atoms with Crippen LogP contribution in [0.5, 0.6) is 0 Å². The second kappa shape index (κ2) is 10.7. The summed E-state index contributed by atoms with van der Waals surface area (Å²) < 4.78 is 18.7. The summed E-state index contributed by atoms with van der Waals surface area (Å²) in [5.74, 6) is 0.513. The topological polar surface area (TPSA) is 21.3 Å². The lowest BCUT2D eigenvalue weighted by Crippen LogP contribution is -2.25. The maximum absolute atomic E-state index is 13.0. The lowest BCUT2D eigenvalue weighted by atomic mass is 10.0. The molecule has 0 amide bonds. The summed E-state index contributed by atoms with van der Waals surface area (Å²) in [6, 6.07) is 7.12. The molecule has 0 radical (unpaired) electrons. The fraction of sp³-hybridized carbons (Fsp3) is 0.667. The van der Waals surface area contributed by atoms with Crippen LogP contribution in [0.15, 0.2) is 24.3 Å². The molecule has 0 aliphatic rings. The summed E-state index contributed by atoms with van der Waals surface area (Å²) in [6.07, 6.45) is 4.53. The Balaban J connectivity index is 2.34. The van der Waals surface area contributed by atoms with E-state index in [0.717, 1.165) is 38.2 Å². The van der Waals surface area contributed by atoms with Gasteiger partial charge in [0, 0.05) is 19.2 Å². The Labute approximate surface area is 129 Å². The molecular weight excluding hydrogens is 265 g/mol. The molecule has 0 aromatic heterocycles. The molecule has 0 spiro atoms. The van der Waals surface area contributed by atoms with Crippen LogP contribution in [-0.2, 0) is 4.74 Å². The van der Waals surface area contributed by atoms with Crippen molar-refractivity contribution < 1.29 is 9.13 Å². The van der Waals surface area contributed by atoms with Gasteiger partial charge in [-0.25, -0.2) is 4.39 Å². The van der Waals surface area contributed by atoms with Crippen molar-refractivity contribution in [1.29, 1.82) is 0 Å². The van der Waals surface area contributed by atoms with E-state index in [1.807, 2.05) is 12.1 Å². The second-order valence-electron chi connectivity index (χ2n) is 6.00. The van der Waals surface area contributed by atoms with Gasteiger partial charge >= 0.3 is 0 Å². The summed E-state index contributed by atoms with van der Waals surface area (Å²) in [4.78, 5) is 0. The SMILES string of the molecule is CCCCC(NCCOCCC(C)C)c1ccc(F)cc1. The van der Waals surface area contributed by atoms with Crippen molar-refractivity contribution in [3.63, 3.8) is 0 Å². The number of ether oxygens (including phenoxy) is 1. The number of benzene rings is 1. The van der Waals surface area contributed by atoms with E-state index in [9.17, 15) is 4.39 Å². The first-order valence-electron chi connectivity index (χ1n) is 8.20. The first-order chi connectivity index (χ1) is 10.1. The molecule has 1 aromatic rings. The summed E-state index contributed by atoms with van der Waals surface area (Å²) >= 11 is 0. The molecule has 0 saturated heterocycles. The quantitative estimate of drug-likeness (QED) is 0.597. The van der Waals surface area contributed by atoms with Gasteiger partial charge in [0.25, 0.3) is 0 Å². The monoisotopic (exact) mass is 295 g/mol. The van der Waals surface area contributed by atoms with E-state index in [1.165, 1.54) is 25.0 Å². The predicted octanol–water partition coefficient (Wildman–Crippen LogP) is 4.71. The highest BCUT2D eigenvalue weighted by Crippen LogP contribution is 2.19. The average molecular weight is 295 g/mol. The lowest BCUT2D eigenvalue weighted by molar-refractivity contribution is 0.123. The van der Waals surface area contributed by atoms with E-state index in [2.05, 4.69) is 26.1 Å². The summed E-state index contributed by atoms with van der Waals surface area (Å²) in [5.41, 5.74) is 1.16. The average Bonchev–Trinajstić information content (AvgIpc) is 2.46. The van der Waals surface area contributed by atoms with Crippen LogP contribution in [0.3, 0.4) is 0 Å². The van der Waals surface area contributed by atoms with E-state index in [4.69, 9.17) is 4.74 Å². The number of hydrogen-bond donors (Lipinski definition) is 1. The molecule has 1 N–H and O–H groups in total. The van der Waals surface area contributed by atoms with Gasteiger partial charge in [-0.15, -0.1) is 0 Å². The molecule has 0 aliphatic carbocycles. The van der Waals surface area contributed by atoms with Crippen molar-refractivity contribution in [2.75, 3.05) is 19.8 Å². The third-order valence-corrected chi connectivity index (χ3v) is 3.60. The number of unbranched alkanes of at least 4 members (excludes halogenated alkanes) is 1. The van der Waals surface area contributed by atoms with Gasteiger partial charge in [0.05, 0.1) is 6.61 Å². The summed E-state index contributed by atoms with van der Waals surface area (Å²) in [7, 11) is 0. The molecule has 1 unspecified atom stereocenters. The molecule has 1 aromatic carbocycles. The van der Waals surface area contributed by atoms with Crippen LogP contribution in [0.2, 0.25) is 0 Å². The molecular formula is C18H30FNO. The molecule has 1 rings (SSSR count). The zero-order valence-corrected chi connectivity index (χ0v) is 13.7. The number of rotatable bonds is 11. The van der Waals surface area contributed by atoms with Crippen LogP contribution >= 0.6 is 0 Å². The Morgan fingerprint density at radius 1 is 1.10 bits per heavy atom. The maximum Gasteiger partial charge on any atom is 0.123 e. The normalized spacial score (nSPS) is 12.8. The largest absolute Gasteiger partial charge is 0.380 e. The molecule has 0 aliphatic heterocycles. The summed E-state index contributed by atoms with van der Waals surface area (Å²) in [5, 5.41) is 3.53. The molecule has 0 bridgehead atoms. The van der Waals surface area contributed by atoms with Gasteiger partial charge in [-0.3, -0.25) is 0 Å². The smallest absolute Gasteiger partial charge is 0.123 e. The molecule has 2 nitrogen and oxygen atoms in total. The van der Waals surface area contributed by atoms with Gasteiger partial charge in [-0.2, -0.15) is 0 Å².